The summed E-state index contributed by atoms with van der Waals surface area (Å²) in [6, 6.07) is 0. The molecule has 4 nitrogen and oxygen atoms in total. The first-order valence-corrected chi connectivity index (χ1v) is 14.3. The summed E-state index contributed by atoms with van der Waals surface area (Å²) in [4.78, 5) is 0. The minimum atomic E-state index is -2.49. The van der Waals surface area contributed by atoms with Crippen molar-refractivity contribution < 1.29 is 17.7 Å². The predicted octanol–water partition coefficient (Wildman–Crippen LogP) is 5.68. The van der Waals surface area contributed by atoms with Crippen LogP contribution in [0, 0.1) is 0 Å². The summed E-state index contributed by atoms with van der Waals surface area (Å²) < 4.78 is 27.2. The van der Waals surface area contributed by atoms with Gasteiger partial charge in [-0.2, -0.15) is 0 Å². The predicted molar refractivity (Wildman–Crippen MR) is 112 cm³/mol. The maximum atomic E-state index is 7.17. The van der Waals surface area contributed by atoms with Crippen LogP contribution in [0.5, 0.6) is 0 Å². The van der Waals surface area contributed by atoms with Gasteiger partial charge in [-0.3, -0.25) is 0 Å². The Morgan fingerprint density at radius 3 is 1.88 bits per heavy atom. The Labute approximate surface area is 163 Å². The maximum absolute atomic E-state index is 7.17. The lowest BCUT2D eigenvalue weighted by Crippen LogP contribution is -2.65. The molecule has 2 aliphatic heterocycles. The molecule has 0 amide bonds. The van der Waals surface area contributed by atoms with Crippen LogP contribution in [-0.4, -0.2) is 42.0 Å². The zero-order valence-electron chi connectivity index (χ0n) is 18.1. The van der Waals surface area contributed by atoms with Gasteiger partial charge in [-0.15, -0.1) is 6.58 Å². The van der Waals surface area contributed by atoms with Gasteiger partial charge in [0.15, 0.2) is 0 Å². The smallest absolute Gasteiger partial charge is 0.335 e. The monoisotopic (exact) mass is 400 g/mol. The molecular weight excluding hydrogens is 360 g/mol. The van der Waals surface area contributed by atoms with Gasteiger partial charge in [-0.25, -0.2) is 0 Å². The van der Waals surface area contributed by atoms with Crippen LogP contribution in [0.4, 0.5) is 0 Å². The molecule has 0 N–H and O–H groups in total. The zero-order valence-corrected chi connectivity index (χ0v) is 20.1. The van der Waals surface area contributed by atoms with Crippen molar-refractivity contribution in [1.82, 2.24) is 0 Å². The molecule has 0 bridgehead atoms. The Morgan fingerprint density at radius 1 is 0.885 bits per heavy atom. The fourth-order valence-corrected chi connectivity index (χ4v) is 15.8. The van der Waals surface area contributed by atoms with Crippen molar-refractivity contribution in [3.05, 3.63) is 12.7 Å². The molecule has 0 aromatic rings. The maximum Gasteiger partial charge on any atom is 0.335 e. The van der Waals surface area contributed by atoms with Crippen LogP contribution in [0.15, 0.2) is 12.7 Å². The quantitative estimate of drug-likeness (QED) is 0.425. The van der Waals surface area contributed by atoms with E-state index in [4.69, 9.17) is 17.7 Å². The first-order valence-electron chi connectivity index (χ1n) is 10.4. The highest BCUT2D eigenvalue weighted by atomic mass is 28.5. The van der Waals surface area contributed by atoms with E-state index in [-0.39, 0.29) is 18.3 Å². The first kappa shape index (κ1) is 22.3. The number of fused-ring (bicyclic) bond motifs is 1. The molecule has 6 heteroatoms. The van der Waals surface area contributed by atoms with Crippen molar-refractivity contribution in [3.63, 3.8) is 0 Å². The van der Waals surface area contributed by atoms with E-state index >= 15 is 0 Å². The average molecular weight is 401 g/mol. The van der Waals surface area contributed by atoms with Gasteiger partial charge in [0.05, 0.1) is 18.8 Å². The van der Waals surface area contributed by atoms with E-state index in [0.29, 0.717) is 28.8 Å². The van der Waals surface area contributed by atoms with Gasteiger partial charge >= 0.3 is 17.1 Å². The second kappa shape index (κ2) is 8.58. The van der Waals surface area contributed by atoms with Crippen molar-refractivity contribution in [2.45, 2.75) is 109 Å². The zero-order chi connectivity index (χ0) is 19.7. The summed E-state index contributed by atoms with van der Waals surface area (Å²) in [5, 5.41) is 0. The summed E-state index contributed by atoms with van der Waals surface area (Å²) in [7, 11) is -4.93. The lowest BCUT2D eigenvalue weighted by atomic mass is 10.1. The molecule has 3 atom stereocenters. The van der Waals surface area contributed by atoms with Crippen LogP contribution in [0.2, 0.25) is 22.2 Å². The van der Waals surface area contributed by atoms with Crippen LogP contribution in [0.3, 0.4) is 0 Å². The van der Waals surface area contributed by atoms with Crippen LogP contribution in [0.25, 0.3) is 0 Å². The standard InChI is InChI=1S/C20H40O4Si2/c1-10-11-18-12-19-20(22-18)13-21-25(14(2)3,15(4)5)24-26(23-19,16(6)7)17(8)9/h10,14-20H,1,11-13H2,2-9H3/t18-,19+,20+/m0/s1. The minimum Gasteiger partial charge on any atom is -0.414 e. The lowest BCUT2D eigenvalue weighted by Gasteiger charge is -2.51. The van der Waals surface area contributed by atoms with E-state index in [1.54, 1.807) is 0 Å². The Kier molecular flexibility index (Phi) is 7.36. The molecule has 0 spiro atoms. The second-order valence-electron chi connectivity index (χ2n) is 9.19. The minimum absolute atomic E-state index is 0.0117. The highest BCUT2D eigenvalue weighted by molar-refractivity contribution is 6.83. The molecule has 2 rings (SSSR count). The Bertz CT molecular complexity index is 462. The Hall–Kier alpha value is 0.0138. The van der Waals surface area contributed by atoms with Crippen molar-refractivity contribution in [2.75, 3.05) is 6.61 Å². The van der Waals surface area contributed by atoms with Crippen molar-refractivity contribution in [1.29, 1.82) is 0 Å². The summed E-state index contributed by atoms with van der Waals surface area (Å²) in [5.74, 6) is 0. The molecular formula is C20H40O4Si2. The Morgan fingerprint density at radius 2 is 1.42 bits per heavy atom. The highest BCUT2D eigenvalue weighted by Gasteiger charge is 2.59. The summed E-state index contributed by atoms with van der Waals surface area (Å²) in [6.45, 7) is 22.5. The molecule has 152 valence electrons. The topological polar surface area (TPSA) is 36.9 Å². The molecule has 2 heterocycles. The molecule has 0 aliphatic carbocycles. The van der Waals surface area contributed by atoms with Crippen LogP contribution < -0.4 is 0 Å². The normalized spacial score (nSPS) is 31.3. The fraction of sp³-hybridized carbons (Fsp3) is 0.900. The van der Waals surface area contributed by atoms with Gasteiger partial charge in [-0.1, -0.05) is 61.5 Å². The third kappa shape index (κ3) is 4.05. The van der Waals surface area contributed by atoms with Gasteiger partial charge in [0.25, 0.3) is 0 Å². The van der Waals surface area contributed by atoms with Crippen molar-refractivity contribution in [3.8, 4) is 0 Å². The largest absolute Gasteiger partial charge is 0.414 e. The molecule has 0 radical (unpaired) electrons. The van der Waals surface area contributed by atoms with Gasteiger partial charge in [-0.05, 0) is 28.6 Å². The van der Waals surface area contributed by atoms with Crippen molar-refractivity contribution >= 4 is 17.1 Å². The van der Waals surface area contributed by atoms with E-state index in [1.807, 2.05) is 6.08 Å². The molecule has 0 saturated carbocycles. The number of ether oxygens (including phenoxy) is 1. The summed E-state index contributed by atoms with van der Waals surface area (Å²) >= 11 is 0. The summed E-state index contributed by atoms with van der Waals surface area (Å²) in [5.41, 5.74) is 1.48. The molecule has 26 heavy (non-hydrogen) atoms. The highest BCUT2D eigenvalue weighted by Crippen LogP contribution is 2.47. The lowest BCUT2D eigenvalue weighted by molar-refractivity contribution is -0.0372. The van der Waals surface area contributed by atoms with Gasteiger partial charge in [0.2, 0.25) is 0 Å². The molecule has 2 saturated heterocycles. The number of rotatable bonds is 6. The fourth-order valence-electron chi connectivity index (χ4n) is 4.57. The molecule has 0 aromatic heterocycles. The van der Waals surface area contributed by atoms with Crippen LogP contribution >= 0.6 is 0 Å². The third-order valence-corrected chi connectivity index (χ3v) is 16.3. The average Bonchev–Trinajstić information content (AvgIpc) is 2.88. The number of hydrogen-bond donors (Lipinski definition) is 0. The van der Waals surface area contributed by atoms with E-state index in [9.17, 15) is 0 Å². The molecule has 0 unspecified atom stereocenters. The third-order valence-electron chi connectivity index (χ3n) is 6.05. The van der Waals surface area contributed by atoms with E-state index in [0.717, 1.165) is 12.8 Å². The second-order valence-corrected chi connectivity index (χ2v) is 18.0. The van der Waals surface area contributed by atoms with Gasteiger partial charge in [0.1, 0.15) is 6.10 Å². The van der Waals surface area contributed by atoms with Crippen molar-refractivity contribution in [2.24, 2.45) is 0 Å². The molecule has 2 aliphatic rings. The first-order chi connectivity index (χ1) is 12.1. The molecule has 0 aromatic carbocycles. The Balaban J connectivity index is 2.45. The van der Waals surface area contributed by atoms with Gasteiger partial charge in [0, 0.05) is 6.42 Å². The summed E-state index contributed by atoms with van der Waals surface area (Å²) in [6.07, 6.45) is 3.99. The van der Waals surface area contributed by atoms with Crippen LogP contribution in [0.1, 0.15) is 68.2 Å². The SMILES string of the molecule is C=CC[C@H]1C[C@H]2O[Si](C(C)C)(C(C)C)O[Si](C(C)C)(C(C)C)OC[C@H]2O1. The van der Waals surface area contributed by atoms with E-state index < -0.39 is 17.1 Å². The van der Waals surface area contributed by atoms with E-state index in [1.165, 1.54) is 0 Å². The van der Waals surface area contributed by atoms with Gasteiger partial charge < -0.3 is 17.7 Å². The van der Waals surface area contributed by atoms with E-state index in [2.05, 4.69) is 62.0 Å². The van der Waals surface area contributed by atoms with Crippen LogP contribution in [-0.2, 0) is 17.7 Å². The number of hydrogen-bond acceptors (Lipinski definition) is 4. The molecule has 2 fully saturated rings.